The number of likely N-dealkylation sites (tertiary alicyclic amines) is 1. The first-order valence-corrected chi connectivity index (χ1v) is 10.4. The summed E-state index contributed by atoms with van der Waals surface area (Å²) in [5.74, 6) is 0.0241. The quantitative estimate of drug-likeness (QED) is 0.814. The number of piperidine rings is 1. The van der Waals surface area contributed by atoms with E-state index in [9.17, 15) is 13.2 Å². The summed E-state index contributed by atoms with van der Waals surface area (Å²) in [5, 5.41) is 0. The highest BCUT2D eigenvalue weighted by atomic mass is 32.2. The summed E-state index contributed by atoms with van der Waals surface area (Å²) >= 11 is 0. The fourth-order valence-corrected chi connectivity index (χ4v) is 4.98. The van der Waals surface area contributed by atoms with Crippen LogP contribution in [0.3, 0.4) is 0 Å². The van der Waals surface area contributed by atoms with Crippen molar-refractivity contribution in [3.8, 4) is 0 Å². The van der Waals surface area contributed by atoms with E-state index in [2.05, 4.69) is 4.90 Å². The topological polar surface area (TPSA) is 60.9 Å². The lowest BCUT2D eigenvalue weighted by Crippen LogP contribution is -2.44. The van der Waals surface area contributed by atoms with Crippen LogP contribution in [0.4, 0.5) is 0 Å². The van der Waals surface area contributed by atoms with Crippen molar-refractivity contribution in [3.05, 3.63) is 29.8 Å². The molecule has 1 atom stereocenters. The van der Waals surface area contributed by atoms with Gasteiger partial charge in [0.25, 0.3) is 0 Å². The van der Waals surface area contributed by atoms with Gasteiger partial charge in [-0.05, 0) is 51.9 Å². The molecule has 7 heteroatoms. The van der Waals surface area contributed by atoms with Crippen molar-refractivity contribution in [2.75, 3.05) is 32.8 Å². The molecule has 3 rings (SSSR count). The minimum absolute atomic E-state index is 0.0241. The Labute approximate surface area is 150 Å². The van der Waals surface area contributed by atoms with Crippen LogP contribution < -0.4 is 0 Å². The minimum Gasteiger partial charge on any atom is -0.324 e. The van der Waals surface area contributed by atoms with E-state index in [-0.39, 0.29) is 23.5 Å². The third-order valence-corrected chi connectivity index (χ3v) is 6.91. The maximum atomic E-state index is 12.8. The third-order valence-electron chi connectivity index (χ3n) is 5.10. The van der Waals surface area contributed by atoms with Gasteiger partial charge >= 0.3 is 0 Å². The van der Waals surface area contributed by atoms with Crippen LogP contribution in [-0.4, -0.2) is 67.3 Å². The van der Waals surface area contributed by atoms with Crippen LogP contribution in [0, 0.1) is 6.92 Å². The van der Waals surface area contributed by atoms with Gasteiger partial charge in [0.05, 0.1) is 18.1 Å². The van der Waals surface area contributed by atoms with Crippen molar-refractivity contribution in [2.24, 2.45) is 0 Å². The number of rotatable bonds is 4. The van der Waals surface area contributed by atoms with Crippen molar-refractivity contribution in [3.63, 3.8) is 0 Å². The first-order chi connectivity index (χ1) is 11.9. The van der Waals surface area contributed by atoms with Gasteiger partial charge in [-0.3, -0.25) is 9.69 Å². The van der Waals surface area contributed by atoms with Gasteiger partial charge in [0.15, 0.2) is 0 Å². The van der Waals surface area contributed by atoms with Gasteiger partial charge in [-0.25, -0.2) is 8.42 Å². The van der Waals surface area contributed by atoms with E-state index >= 15 is 0 Å². The summed E-state index contributed by atoms with van der Waals surface area (Å²) in [6.45, 7) is 6.64. The first-order valence-electron chi connectivity index (χ1n) is 8.96. The van der Waals surface area contributed by atoms with Gasteiger partial charge < -0.3 is 4.90 Å². The summed E-state index contributed by atoms with van der Waals surface area (Å²) in [6.07, 6.45) is 3.50. The Hall–Kier alpha value is -1.44. The number of carbonyl (C=O) groups is 1. The monoisotopic (exact) mass is 365 g/mol. The number of hydrogen-bond acceptors (Lipinski definition) is 4. The highest BCUT2D eigenvalue weighted by Crippen LogP contribution is 2.23. The highest BCUT2D eigenvalue weighted by Gasteiger charge is 2.38. The average Bonchev–Trinajstić information content (AvgIpc) is 2.99. The van der Waals surface area contributed by atoms with Crippen molar-refractivity contribution in [1.29, 1.82) is 0 Å². The molecule has 0 radical (unpaired) electrons. The van der Waals surface area contributed by atoms with E-state index in [1.807, 2.05) is 13.8 Å². The number of sulfonamides is 1. The smallest absolute Gasteiger partial charge is 0.244 e. The molecular weight excluding hydrogens is 338 g/mol. The Kier molecular flexibility index (Phi) is 5.46. The zero-order chi connectivity index (χ0) is 18.0. The molecule has 2 heterocycles. The maximum Gasteiger partial charge on any atom is 0.244 e. The van der Waals surface area contributed by atoms with E-state index in [0.717, 1.165) is 31.5 Å². The summed E-state index contributed by atoms with van der Waals surface area (Å²) in [4.78, 5) is 16.8. The number of aryl methyl sites for hydroxylation is 1. The molecule has 25 heavy (non-hydrogen) atoms. The van der Waals surface area contributed by atoms with Crippen LogP contribution >= 0.6 is 0 Å². The number of benzene rings is 1. The van der Waals surface area contributed by atoms with Crippen LogP contribution in [0.1, 0.15) is 31.7 Å². The molecule has 138 valence electrons. The van der Waals surface area contributed by atoms with E-state index in [4.69, 9.17) is 0 Å². The van der Waals surface area contributed by atoms with E-state index in [0.29, 0.717) is 13.1 Å². The zero-order valence-electron chi connectivity index (χ0n) is 15.0. The molecule has 0 N–H and O–H groups in total. The second-order valence-electron chi connectivity index (χ2n) is 7.14. The molecule has 0 aromatic heterocycles. The van der Waals surface area contributed by atoms with Gasteiger partial charge in [-0.2, -0.15) is 4.31 Å². The summed E-state index contributed by atoms with van der Waals surface area (Å²) < 4.78 is 27.1. The van der Waals surface area contributed by atoms with Crippen LogP contribution in [0.5, 0.6) is 0 Å². The molecule has 6 nitrogen and oxygen atoms in total. The molecule has 2 aliphatic heterocycles. The summed E-state index contributed by atoms with van der Waals surface area (Å²) in [7, 11) is -3.56. The van der Waals surface area contributed by atoms with Crippen molar-refractivity contribution >= 4 is 15.9 Å². The molecule has 1 amide bonds. The Morgan fingerprint density at radius 1 is 1.12 bits per heavy atom. The van der Waals surface area contributed by atoms with Crippen molar-refractivity contribution < 1.29 is 13.2 Å². The van der Waals surface area contributed by atoms with Crippen molar-refractivity contribution in [1.82, 2.24) is 14.1 Å². The van der Waals surface area contributed by atoms with Crippen LogP contribution in [0.2, 0.25) is 0 Å². The standard InChI is InChI=1S/C18H27N3O3S/c1-15-6-8-17(9-7-15)25(23,24)20-12-16(2)21(14-20)18(22)13-19-10-4-3-5-11-19/h6-9,16H,3-5,10-14H2,1-2H3/t16-/m1/s1. The van der Waals surface area contributed by atoms with E-state index < -0.39 is 10.0 Å². The second kappa shape index (κ2) is 7.43. The average molecular weight is 365 g/mol. The number of nitrogens with zero attached hydrogens (tertiary/aromatic N) is 3. The molecule has 0 bridgehead atoms. The highest BCUT2D eigenvalue weighted by molar-refractivity contribution is 7.89. The molecule has 2 fully saturated rings. The van der Waals surface area contributed by atoms with Gasteiger partial charge in [0.1, 0.15) is 0 Å². The lowest BCUT2D eigenvalue weighted by molar-refractivity contribution is -0.133. The van der Waals surface area contributed by atoms with Crippen molar-refractivity contribution in [2.45, 2.75) is 44.0 Å². The van der Waals surface area contributed by atoms with E-state index in [1.54, 1.807) is 29.2 Å². The SMILES string of the molecule is Cc1ccc(S(=O)(=O)N2C[C@@H](C)N(C(=O)CN3CCCCC3)C2)cc1. The predicted octanol–water partition coefficient (Wildman–Crippen LogP) is 1.66. The minimum atomic E-state index is -3.56. The Balaban J connectivity index is 1.67. The fourth-order valence-electron chi connectivity index (χ4n) is 3.52. The maximum absolute atomic E-state index is 12.8. The Bertz CT molecular complexity index is 712. The largest absolute Gasteiger partial charge is 0.324 e. The molecule has 0 aliphatic carbocycles. The Morgan fingerprint density at radius 2 is 1.76 bits per heavy atom. The molecule has 1 aromatic rings. The first kappa shape index (κ1) is 18.4. The fraction of sp³-hybridized carbons (Fsp3) is 0.611. The third kappa shape index (κ3) is 4.04. The summed E-state index contributed by atoms with van der Waals surface area (Å²) in [5.41, 5.74) is 1.02. The Morgan fingerprint density at radius 3 is 2.40 bits per heavy atom. The molecule has 0 spiro atoms. The van der Waals surface area contributed by atoms with Crippen LogP contribution in [0.25, 0.3) is 0 Å². The van der Waals surface area contributed by atoms with Crippen LogP contribution in [0.15, 0.2) is 29.2 Å². The van der Waals surface area contributed by atoms with Gasteiger partial charge in [0.2, 0.25) is 15.9 Å². The molecule has 0 saturated carbocycles. The molecule has 2 aliphatic rings. The van der Waals surface area contributed by atoms with Gasteiger partial charge in [0, 0.05) is 12.6 Å². The lowest BCUT2D eigenvalue weighted by atomic mass is 10.1. The zero-order valence-corrected chi connectivity index (χ0v) is 15.8. The molecule has 1 aromatic carbocycles. The normalized spacial score (nSPS) is 23.1. The molecular formula is C18H27N3O3S. The van der Waals surface area contributed by atoms with Crippen LogP contribution in [-0.2, 0) is 14.8 Å². The number of hydrogen-bond donors (Lipinski definition) is 0. The second-order valence-corrected chi connectivity index (χ2v) is 9.08. The number of carbonyl (C=O) groups excluding carboxylic acids is 1. The van der Waals surface area contributed by atoms with Gasteiger partial charge in [-0.1, -0.05) is 24.1 Å². The van der Waals surface area contributed by atoms with E-state index in [1.165, 1.54) is 10.7 Å². The number of amides is 1. The van der Waals surface area contributed by atoms with Gasteiger partial charge in [-0.15, -0.1) is 0 Å². The molecule has 2 saturated heterocycles. The molecule has 0 unspecified atom stereocenters. The lowest BCUT2D eigenvalue weighted by Gasteiger charge is -2.29. The predicted molar refractivity (Wildman–Crippen MR) is 96.5 cm³/mol. The summed E-state index contributed by atoms with van der Waals surface area (Å²) in [6, 6.07) is 6.76.